The van der Waals surface area contributed by atoms with Gasteiger partial charge >= 0.3 is 0 Å². The Balaban J connectivity index is 1.25. The molecule has 1 aliphatic heterocycles. The first kappa shape index (κ1) is 26.4. The molecule has 1 aliphatic carbocycles. The van der Waals surface area contributed by atoms with Crippen LogP contribution in [0.5, 0.6) is 11.5 Å². The van der Waals surface area contributed by atoms with E-state index in [1.165, 1.54) is 44.0 Å². The SMILES string of the molecule is c1ccc2c(c1)Oc1cc3c4c5ccccc5ccc4n(-c4ccc5c(c4)oc4ccccc45)c3cc1C21c2ccccc2-c2ccccc21. The number of fused-ring (bicyclic) bond motifs is 17. The first-order chi connectivity index (χ1) is 24.8. The van der Waals surface area contributed by atoms with Crippen molar-refractivity contribution in [2.75, 3.05) is 0 Å². The van der Waals surface area contributed by atoms with Crippen molar-refractivity contribution >= 4 is 54.5 Å². The fourth-order valence-corrected chi connectivity index (χ4v) is 9.27. The van der Waals surface area contributed by atoms with Crippen molar-refractivity contribution in [3.63, 3.8) is 0 Å². The summed E-state index contributed by atoms with van der Waals surface area (Å²) >= 11 is 0. The van der Waals surface area contributed by atoms with Gasteiger partial charge in [0, 0.05) is 44.4 Å². The molecular formula is C47H27NO2. The summed E-state index contributed by atoms with van der Waals surface area (Å²) in [5.74, 6) is 1.79. The molecular weight excluding hydrogens is 611 g/mol. The van der Waals surface area contributed by atoms with Gasteiger partial charge in [0.2, 0.25) is 0 Å². The molecule has 0 bridgehead atoms. The molecule has 3 heterocycles. The predicted octanol–water partition coefficient (Wildman–Crippen LogP) is 12.3. The van der Waals surface area contributed by atoms with Gasteiger partial charge in [0.1, 0.15) is 22.7 Å². The molecule has 3 heteroatoms. The molecule has 0 N–H and O–H groups in total. The zero-order chi connectivity index (χ0) is 32.6. The monoisotopic (exact) mass is 637 g/mol. The van der Waals surface area contributed by atoms with Gasteiger partial charge in [0.15, 0.2) is 0 Å². The second-order valence-electron chi connectivity index (χ2n) is 13.6. The largest absolute Gasteiger partial charge is 0.457 e. The van der Waals surface area contributed by atoms with Gasteiger partial charge in [-0.05, 0) is 75.5 Å². The maximum atomic E-state index is 6.95. The quantitative estimate of drug-likeness (QED) is 0.179. The van der Waals surface area contributed by atoms with E-state index in [4.69, 9.17) is 9.15 Å². The minimum Gasteiger partial charge on any atom is -0.457 e. The van der Waals surface area contributed by atoms with E-state index < -0.39 is 5.41 Å². The van der Waals surface area contributed by atoms with Gasteiger partial charge in [0.05, 0.1) is 16.4 Å². The summed E-state index contributed by atoms with van der Waals surface area (Å²) in [6.45, 7) is 0. The Morgan fingerprint density at radius 1 is 0.420 bits per heavy atom. The second-order valence-corrected chi connectivity index (χ2v) is 13.6. The molecule has 0 radical (unpaired) electrons. The number of hydrogen-bond acceptors (Lipinski definition) is 2. The lowest BCUT2D eigenvalue weighted by Gasteiger charge is -2.39. The van der Waals surface area contributed by atoms with E-state index in [1.54, 1.807) is 0 Å². The second kappa shape index (κ2) is 9.31. The third-order valence-electron chi connectivity index (χ3n) is 11.2. The lowest BCUT2D eigenvalue weighted by atomic mass is 9.66. The van der Waals surface area contributed by atoms with Gasteiger partial charge in [-0.2, -0.15) is 0 Å². The summed E-state index contributed by atoms with van der Waals surface area (Å²) in [7, 11) is 0. The minimum atomic E-state index is -0.544. The van der Waals surface area contributed by atoms with Crippen LogP contribution in [0.4, 0.5) is 0 Å². The summed E-state index contributed by atoms with van der Waals surface area (Å²) in [6.07, 6.45) is 0. The molecule has 2 aromatic heterocycles. The Kier molecular flexibility index (Phi) is 4.91. The molecule has 232 valence electrons. The third-order valence-corrected chi connectivity index (χ3v) is 11.2. The average Bonchev–Trinajstić information content (AvgIpc) is 3.80. The number of ether oxygens (including phenoxy) is 1. The first-order valence-electron chi connectivity index (χ1n) is 17.2. The van der Waals surface area contributed by atoms with Crippen molar-refractivity contribution in [2.45, 2.75) is 5.41 Å². The summed E-state index contributed by atoms with van der Waals surface area (Å²) in [5, 5.41) is 7.07. The highest BCUT2D eigenvalue weighted by molar-refractivity contribution is 6.22. The van der Waals surface area contributed by atoms with Gasteiger partial charge < -0.3 is 13.7 Å². The Morgan fingerprint density at radius 3 is 1.94 bits per heavy atom. The average molecular weight is 638 g/mol. The van der Waals surface area contributed by atoms with Crippen LogP contribution in [0.15, 0.2) is 168 Å². The maximum absolute atomic E-state index is 6.95. The molecule has 3 nitrogen and oxygen atoms in total. The number of benzene rings is 8. The molecule has 0 saturated heterocycles. The molecule has 8 aromatic carbocycles. The van der Waals surface area contributed by atoms with E-state index in [9.17, 15) is 0 Å². The van der Waals surface area contributed by atoms with Gasteiger partial charge in [-0.3, -0.25) is 0 Å². The summed E-state index contributed by atoms with van der Waals surface area (Å²) in [6, 6.07) is 59.2. The highest BCUT2D eigenvalue weighted by Crippen LogP contribution is 2.62. The molecule has 2 aliphatic rings. The number of furan rings is 1. The van der Waals surface area contributed by atoms with E-state index >= 15 is 0 Å². The van der Waals surface area contributed by atoms with Crippen molar-refractivity contribution in [1.82, 2.24) is 4.57 Å². The van der Waals surface area contributed by atoms with Crippen LogP contribution in [-0.4, -0.2) is 4.57 Å². The van der Waals surface area contributed by atoms with E-state index in [0.717, 1.165) is 61.1 Å². The minimum absolute atomic E-state index is 0.544. The maximum Gasteiger partial charge on any atom is 0.137 e. The Labute approximate surface area is 287 Å². The molecule has 50 heavy (non-hydrogen) atoms. The van der Waals surface area contributed by atoms with E-state index in [0.29, 0.717) is 0 Å². The van der Waals surface area contributed by atoms with Crippen LogP contribution >= 0.6 is 0 Å². The highest BCUT2D eigenvalue weighted by atomic mass is 16.5. The van der Waals surface area contributed by atoms with Crippen LogP contribution in [0.25, 0.3) is 71.3 Å². The highest BCUT2D eigenvalue weighted by Gasteiger charge is 2.51. The number of nitrogens with zero attached hydrogens (tertiary/aromatic N) is 1. The Bertz CT molecular complexity index is 3040. The van der Waals surface area contributed by atoms with Gasteiger partial charge in [-0.25, -0.2) is 0 Å². The molecule has 0 amide bonds. The Morgan fingerprint density at radius 2 is 1.10 bits per heavy atom. The zero-order valence-corrected chi connectivity index (χ0v) is 26.9. The van der Waals surface area contributed by atoms with Crippen LogP contribution in [-0.2, 0) is 5.41 Å². The molecule has 10 aromatic rings. The zero-order valence-electron chi connectivity index (χ0n) is 26.9. The predicted molar refractivity (Wildman–Crippen MR) is 203 cm³/mol. The molecule has 0 saturated carbocycles. The van der Waals surface area contributed by atoms with Crippen LogP contribution in [0.3, 0.4) is 0 Å². The fourth-order valence-electron chi connectivity index (χ4n) is 9.27. The topological polar surface area (TPSA) is 27.3 Å². The summed E-state index contributed by atoms with van der Waals surface area (Å²) in [5.41, 5.74) is 12.0. The van der Waals surface area contributed by atoms with Crippen molar-refractivity contribution in [2.24, 2.45) is 0 Å². The standard InChI is InChI=1S/C47H27NO2/c1-2-12-30-28(11-1)21-24-40-46(30)35-26-45-39(27-41(35)48(40)29-22-23-34-33-15-5-9-19-42(33)49-44(34)25-29)47(38-18-8-10-20-43(38)50-45)36-16-6-3-13-31(36)32-14-4-7-17-37(32)47/h1-27H. The number of hydrogen-bond donors (Lipinski definition) is 0. The molecule has 0 fully saturated rings. The summed E-state index contributed by atoms with van der Waals surface area (Å²) < 4.78 is 15.8. The molecule has 0 atom stereocenters. The number of aromatic nitrogens is 1. The van der Waals surface area contributed by atoms with Crippen molar-refractivity contribution < 1.29 is 9.15 Å². The van der Waals surface area contributed by atoms with Crippen molar-refractivity contribution in [3.05, 3.63) is 186 Å². The molecule has 0 unspecified atom stereocenters. The molecule has 12 rings (SSSR count). The lowest BCUT2D eigenvalue weighted by molar-refractivity contribution is 0.437. The number of rotatable bonds is 1. The van der Waals surface area contributed by atoms with Crippen LogP contribution < -0.4 is 4.74 Å². The first-order valence-corrected chi connectivity index (χ1v) is 17.2. The van der Waals surface area contributed by atoms with Crippen LogP contribution in [0, 0.1) is 0 Å². The van der Waals surface area contributed by atoms with Gasteiger partial charge in [0.25, 0.3) is 0 Å². The third kappa shape index (κ3) is 3.16. The van der Waals surface area contributed by atoms with Crippen LogP contribution in [0.1, 0.15) is 22.3 Å². The fraction of sp³-hybridized carbons (Fsp3) is 0.0213. The Hall–Kier alpha value is -6.58. The summed E-state index contributed by atoms with van der Waals surface area (Å²) in [4.78, 5) is 0. The van der Waals surface area contributed by atoms with Gasteiger partial charge in [-0.1, -0.05) is 115 Å². The van der Waals surface area contributed by atoms with Gasteiger partial charge in [-0.15, -0.1) is 0 Å². The lowest BCUT2D eigenvalue weighted by Crippen LogP contribution is -2.32. The number of para-hydroxylation sites is 2. The van der Waals surface area contributed by atoms with E-state index in [-0.39, 0.29) is 0 Å². The smallest absolute Gasteiger partial charge is 0.137 e. The van der Waals surface area contributed by atoms with Crippen LogP contribution in [0.2, 0.25) is 0 Å². The molecule has 1 spiro atoms. The van der Waals surface area contributed by atoms with Crippen molar-refractivity contribution in [3.8, 4) is 28.3 Å². The van der Waals surface area contributed by atoms with E-state index in [2.05, 4.69) is 156 Å². The van der Waals surface area contributed by atoms with E-state index in [1.807, 2.05) is 12.1 Å². The van der Waals surface area contributed by atoms with Crippen molar-refractivity contribution in [1.29, 1.82) is 0 Å². The normalized spacial score (nSPS) is 13.9.